The first kappa shape index (κ1) is 21.1. The van der Waals surface area contributed by atoms with Crippen LogP contribution in [0, 0.1) is 0 Å². The number of esters is 1. The highest BCUT2D eigenvalue weighted by molar-refractivity contribution is 9.09. The Labute approximate surface area is 184 Å². The number of halogens is 1. The zero-order chi connectivity index (χ0) is 21.1. The zero-order valence-electron chi connectivity index (χ0n) is 17.4. The Bertz CT molecular complexity index is 952. The third-order valence-electron chi connectivity index (χ3n) is 5.90. The van der Waals surface area contributed by atoms with Gasteiger partial charge in [-0.3, -0.25) is 10.3 Å². The van der Waals surface area contributed by atoms with E-state index in [0.717, 1.165) is 52.9 Å². The van der Waals surface area contributed by atoms with Gasteiger partial charge >= 0.3 is 5.97 Å². The van der Waals surface area contributed by atoms with Crippen molar-refractivity contribution >= 4 is 44.3 Å². The molecule has 1 unspecified atom stereocenters. The molecule has 1 fully saturated rings. The number of fused-ring (bicyclic) bond motifs is 1. The van der Waals surface area contributed by atoms with Gasteiger partial charge in [-0.25, -0.2) is 14.5 Å². The normalized spacial score (nSPS) is 19.9. The van der Waals surface area contributed by atoms with E-state index in [1.807, 2.05) is 24.0 Å². The van der Waals surface area contributed by atoms with Crippen LogP contribution in [0.5, 0.6) is 0 Å². The van der Waals surface area contributed by atoms with Crippen LogP contribution in [0.15, 0.2) is 18.0 Å². The van der Waals surface area contributed by atoms with Crippen LogP contribution < -0.4 is 10.8 Å². The van der Waals surface area contributed by atoms with Crippen LogP contribution in [-0.4, -0.2) is 38.4 Å². The molecule has 9 heteroatoms. The number of anilines is 1. The average molecular weight is 478 g/mol. The van der Waals surface area contributed by atoms with Crippen LogP contribution in [0.1, 0.15) is 57.9 Å². The number of pyridine rings is 1. The fraction of sp³-hybridized carbons (Fsp3) is 0.571. The molecular formula is C21H28BrN5O3. The molecular weight excluding hydrogens is 450 g/mol. The third-order valence-corrected chi connectivity index (χ3v) is 6.13. The molecule has 3 heterocycles. The lowest BCUT2D eigenvalue weighted by Gasteiger charge is -2.26. The number of carbonyl (C=O) groups is 1. The number of hydrogen-bond acceptors (Lipinski definition) is 7. The standard InChI is InChI=1S/C21H28BrN5O3/c1-3-14-18(26-30-19(14)21(28)29-12-22)15-10-23-20-16(11-24-27(20)4-2)17(15)25-13-8-6-5-7-9-13/h10-11,13,19,26H,3-9,12H2,1-2H3,(H,23,25). The number of aromatic nitrogens is 3. The van der Waals surface area contributed by atoms with Crippen molar-refractivity contribution in [2.75, 3.05) is 10.8 Å². The van der Waals surface area contributed by atoms with E-state index in [4.69, 9.17) is 14.6 Å². The van der Waals surface area contributed by atoms with Crippen molar-refractivity contribution in [3.63, 3.8) is 0 Å². The van der Waals surface area contributed by atoms with E-state index in [1.165, 1.54) is 19.3 Å². The van der Waals surface area contributed by atoms with Crippen LogP contribution in [0.2, 0.25) is 0 Å². The third kappa shape index (κ3) is 3.92. The summed E-state index contributed by atoms with van der Waals surface area (Å²) in [4.78, 5) is 22.7. The summed E-state index contributed by atoms with van der Waals surface area (Å²) in [5, 5.41) is 9.27. The summed E-state index contributed by atoms with van der Waals surface area (Å²) in [6.07, 6.45) is 9.67. The maximum absolute atomic E-state index is 12.4. The van der Waals surface area contributed by atoms with E-state index in [0.29, 0.717) is 12.5 Å². The fourth-order valence-electron chi connectivity index (χ4n) is 4.35. The Hall–Kier alpha value is -2.13. The van der Waals surface area contributed by atoms with Gasteiger partial charge in [0.05, 0.1) is 23.0 Å². The highest BCUT2D eigenvalue weighted by Crippen LogP contribution is 2.37. The highest BCUT2D eigenvalue weighted by Gasteiger charge is 2.35. The summed E-state index contributed by atoms with van der Waals surface area (Å²) in [5.74, 6) is -0.416. The molecule has 1 aliphatic carbocycles. The smallest absolute Gasteiger partial charge is 0.343 e. The van der Waals surface area contributed by atoms with Gasteiger partial charge in [0.15, 0.2) is 5.65 Å². The van der Waals surface area contributed by atoms with Gasteiger partial charge in [-0.2, -0.15) is 5.10 Å². The lowest BCUT2D eigenvalue weighted by Crippen LogP contribution is -2.26. The fourth-order valence-corrected chi connectivity index (χ4v) is 4.58. The van der Waals surface area contributed by atoms with Gasteiger partial charge in [0.2, 0.25) is 6.10 Å². The Morgan fingerprint density at radius 2 is 2.13 bits per heavy atom. The molecule has 1 saturated carbocycles. The lowest BCUT2D eigenvalue weighted by molar-refractivity contribution is -0.153. The molecule has 0 saturated heterocycles. The zero-order valence-corrected chi connectivity index (χ0v) is 19.0. The first-order valence-electron chi connectivity index (χ1n) is 10.7. The second-order valence-corrected chi connectivity index (χ2v) is 8.11. The predicted octanol–water partition coefficient (Wildman–Crippen LogP) is 4.12. The maximum atomic E-state index is 12.4. The largest absolute Gasteiger partial charge is 0.452 e. The first-order chi connectivity index (χ1) is 14.7. The molecule has 4 rings (SSSR count). The summed E-state index contributed by atoms with van der Waals surface area (Å²) in [7, 11) is 0. The molecule has 0 bridgehead atoms. The molecule has 1 aliphatic heterocycles. The lowest BCUT2D eigenvalue weighted by atomic mass is 9.94. The number of rotatable bonds is 7. The quantitative estimate of drug-likeness (QED) is 0.457. The van der Waals surface area contributed by atoms with Crippen LogP contribution in [0.3, 0.4) is 0 Å². The van der Waals surface area contributed by atoms with Crippen LogP contribution in [0.4, 0.5) is 5.69 Å². The monoisotopic (exact) mass is 477 g/mol. The summed E-state index contributed by atoms with van der Waals surface area (Å²) in [6.45, 7) is 4.82. The molecule has 2 aliphatic rings. The minimum absolute atomic E-state index is 0.135. The van der Waals surface area contributed by atoms with Crippen LogP contribution in [-0.2, 0) is 20.9 Å². The van der Waals surface area contributed by atoms with Gasteiger partial charge < -0.3 is 10.1 Å². The molecule has 0 radical (unpaired) electrons. The van der Waals surface area contributed by atoms with E-state index in [9.17, 15) is 4.79 Å². The Balaban J connectivity index is 1.80. The number of carbonyl (C=O) groups excluding carboxylic acids is 1. The number of alkyl halides is 1. The van der Waals surface area contributed by atoms with Crippen LogP contribution in [0.25, 0.3) is 16.7 Å². The SMILES string of the molecule is CCC1=C(c2cnc3c(cnn3CC)c2NC2CCCCC2)NOC1C(=O)OCBr. The minimum Gasteiger partial charge on any atom is -0.452 e. The number of hydrogen-bond donors (Lipinski definition) is 2. The molecule has 1 atom stereocenters. The van der Waals surface area contributed by atoms with Crippen molar-refractivity contribution in [2.45, 2.75) is 71.1 Å². The van der Waals surface area contributed by atoms with E-state index in [1.54, 1.807) is 0 Å². The summed E-state index contributed by atoms with van der Waals surface area (Å²) >= 11 is 3.14. The van der Waals surface area contributed by atoms with E-state index >= 15 is 0 Å². The predicted molar refractivity (Wildman–Crippen MR) is 119 cm³/mol. The van der Waals surface area contributed by atoms with Crippen molar-refractivity contribution in [3.05, 3.63) is 23.5 Å². The molecule has 2 N–H and O–H groups in total. The molecule has 30 heavy (non-hydrogen) atoms. The van der Waals surface area contributed by atoms with Gasteiger partial charge in [0.25, 0.3) is 0 Å². The van der Waals surface area contributed by atoms with Crippen molar-refractivity contribution in [1.29, 1.82) is 0 Å². The van der Waals surface area contributed by atoms with Gasteiger partial charge in [0.1, 0.15) is 5.52 Å². The molecule has 0 amide bonds. The number of nitrogens with one attached hydrogen (secondary N) is 2. The van der Waals surface area contributed by atoms with Gasteiger partial charge in [-0.1, -0.05) is 26.2 Å². The van der Waals surface area contributed by atoms with E-state index in [2.05, 4.69) is 38.7 Å². The topological polar surface area (TPSA) is 90.3 Å². The Morgan fingerprint density at radius 3 is 2.83 bits per heavy atom. The van der Waals surface area contributed by atoms with E-state index < -0.39 is 12.1 Å². The van der Waals surface area contributed by atoms with E-state index in [-0.39, 0.29) is 5.52 Å². The van der Waals surface area contributed by atoms with Crippen molar-refractivity contribution < 1.29 is 14.4 Å². The molecule has 8 nitrogen and oxygen atoms in total. The van der Waals surface area contributed by atoms with Gasteiger partial charge in [0, 0.05) is 24.3 Å². The summed E-state index contributed by atoms with van der Waals surface area (Å²) in [5.41, 5.74) is 7.51. The highest BCUT2D eigenvalue weighted by atomic mass is 79.9. The van der Waals surface area contributed by atoms with Gasteiger partial charge in [-0.05, 0) is 47.7 Å². The number of nitrogens with zero attached hydrogens (tertiary/aromatic N) is 3. The van der Waals surface area contributed by atoms with Gasteiger partial charge in [-0.15, -0.1) is 0 Å². The van der Waals surface area contributed by atoms with Crippen molar-refractivity contribution in [1.82, 2.24) is 20.2 Å². The number of aryl methyl sites for hydroxylation is 1. The average Bonchev–Trinajstić information content (AvgIpc) is 3.39. The molecule has 0 spiro atoms. The minimum atomic E-state index is -0.765. The summed E-state index contributed by atoms with van der Waals surface area (Å²) < 4.78 is 7.01. The summed E-state index contributed by atoms with van der Waals surface area (Å²) in [6, 6.07) is 0.412. The maximum Gasteiger partial charge on any atom is 0.343 e. The number of ether oxygens (including phenoxy) is 1. The number of hydroxylamine groups is 1. The molecule has 2 aromatic heterocycles. The van der Waals surface area contributed by atoms with Crippen molar-refractivity contribution in [2.24, 2.45) is 0 Å². The second kappa shape index (κ2) is 9.34. The van der Waals surface area contributed by atoms with Crippen molar-refractivity contribution in [3.8, 4) is 0 Å². The molecule has 162 valence electrons. The second-order valence-electron chi connectivity index (χ2n) is 7.65. The molecule has 0 aromatic carbocycles. The van der Waals surface area contributed by atoms with Crippen LogP contribution >= 0.6 is 15.9 Å². The molecule has 2 aromatic rings. The first-order valence-corrected chi connectivity index (χ1v) is 11.8. The Morgan fingerprint density at radius 1 is 1.33 bits per heavy atom. The Kier molecular flexibility index (Phi) is 6.58.